The molecule has 256 valence electrons. The Hall–Kier alpha value is -4.67. The third-order valence-electron chi connectivity index (χ3n) is 6.67. The molecular weight excluding hydrogens is 645 g/mol. The molecular formula is C30H37F3N6O7S. The van der Waals surface area contributed by atoms with Gasteiger partial charge in [-0.25, -0.2) is 17.8 Å². The van der Waals surface area contributed by atoms with E-state index in [0.29, 0.717) is 5.56 Å². The minimum atomic E-state index is -4.73. The summed E-state index contributed by atoms with van der Waals surface area (Å²) in [7, 11) is -3.31. The van der Waals surface area contributed by atoms with Crippen LogP contribution in [0.5, 0.6) is 0 Å². The van der Waals surface area contributed by atoms with Gasteiger partial charge in [0.05, 0.1) is 33.7 Å². The highest BCUT2D eigenvalue weighted by Gasteiger charge is 2.36. The van der Waals surface area contributed by atoms with E-state index in [1.54, 1.807) is 58.9 Å². The first-order chi connectivity index (χ1) is 21.7. The van der Waals surface area contributed by atoms with Gasteiger partial charge in [0.2, 0.25) is 5.28 Å². The van der Waals surface area contributed by atoms with Gasteiger partial charge in [-0.15, -0.1) is 5.01 Å². The van der Waals surface area contributed by atoms with E-state index >= 15 is 0 Å². The van der Waals surface area contributed by atoms with Crippen molar-refractivity contribution in [3.63, 3.8) is 0 Å². The molecule has 2 aromatic carbocycles. The molecule has 47 heavy (non-hydrogen) atoms. The molecule has 1 amide bonds. The smallest absolute Gasteiger partial charge is 0.435 e. The average Bonchev–Trinajstić information content (AvgIpc) is 3.43. The number of nitrogens with zero attached hydrogens (tertiary/aromatic N) is 5. The molecule has 0 unspecified atom stereocenters. The lowest BCUT2D eigenvalue weighted by atomic mass is 9.98. The van der Waals surface area contributed by atoms with Crippen LogP contribution >= 0.6 is 0 Å². The maximum Gasteiger partial charge on any atom is 0.435 e. The summed E-state index contributed by atoms with van der Waals surface area (Å²) >= 11 is 0. The molecule has 3 aromatic rings. The number of esters is 1. The topological polar surface area (TPSA) is 158 Å². The molecule has 1 atom stereocenters. The molecule has 0 saturated carbocycles. The number of aromatic nitrogens is 2. The molecule has 17 heteroatoms. The van der Waals surface area contributed by atoms with Crippen LogP contribution in [0.3, 0.4) is 0 Å². The number of halogens is 3. The van der Waals surface area contributed by atoms with E-state index in [2.05, 4.69) is 10.4 Å². The maximum absolute atomic E-state index is 13.6. The Kier molecular flexibility index (Phi) is 11.3. The number of ether oxygens (including phenoxy) is 1. The lowest BCUT2D eigenvalue weighted by molar-refractivity contribution is -0.711. The van der Waals surface area contributed by atoms with E-state index in [1.807, 2.05) is 11.6 Å². The Labute approximate surface area is 270 Å². The molecule has 0 fully saturated rings. The fourth-order valence-corrected chi connectivity index (χ4v) is 5.11. The number of aryl methyl sites for hydroxylation is 1. The first-order valence-electron chi connectivity index (χ1n) is 14.3. The van der Waals surface area contributed by atoms with Crippen LogP contribution in [0.2, 0.25) is 0 Å². The van der Waals surface area contributed by atoms with Crippen LogP contribution in [0.25, 0.3) is 16.9 Å². The largest absolute Gasteiger partial charge is 0.569 e. The quantitative estimate of drug-likeness (QED) is 0.0662. The van der Waals surface area contributed by atoms with Crippen LogP contribution in [0, 0.1) is 23.5 Å². The van der Waals surface area contributed by atoms with E-state index in [1.165, 1.54) is 19.2 Å². The van der Waals surface area contributed by atoms with Crippen molar-refractivity contribution in [2.24, 2.45) is 16.6 Å². The normalized spacial score (nSPS) is 13.3. The van der Waals surface area contributed by atoms with Crippen molar-refractivity contribution in [2.45, 2.75) is 65.1 Å². The molecule has 0 saturated heterocycles. The zero-order valence-corrected chi connectivity index (χ0v) is 27.7. The predicted octanol–water partition coefficient (Wildman–Crippen LogP) is 5.37. The van der Waals surface area contributed by atoms with Crippen LogP contribution < -0.4 is 4.72 Å². The molecule has 1 aromatic heterocycles. The summed E-state index contributed by atoms with van der Waals surface area (Å²) in [6.45, 7) is 9.52. The third kappa shape index (κ3) is 9.67. The zero-order valence-electron chi connectivity index (χ0n) is 26.9. The number of hydrogen-bond donors (Lipinski definition) is 1. The fourth-order valence-electron chi connectivity index (χ4n) is 4.09. The Morgan fingerprint density at radius 3 is 2.21 bits per heavy atom. The summed E-state index contributed by atoms with van der Waals surface area (Å²) in [6, 6.07) is 11.1. The second kappa shape index (κ2) is 14.4. The van der Waals surface area contributed by atoms with Gasteiger partial charge in [0.1, 0.15) is 0 Å². The van der Waals surface area contributed by atoms with E-state index in [-0.39, 0.29) is 33.6 Å². The van der Waals surface area contributed by atoms with E-state index < -0.39 is 52.0 Å². The first-order valence-corrected chi connectivity index (χ1v) is 15.8. The van der Waals surface area contributed by atoms with Crippen molar-refractivity contribution in [3.8, 4) is 16.9 Å². The number of hydrazine groups is 1. The molecule has 0 radical (unpaired) electrons. The SMILES string of the molecule is Cc1ccc(-c2cc(C(F)(F)F)nn2-c2ccc(S(=O)(=O)NC(=O)[C@H](CC(C)C)N(C)/[N+]([O-])=N\OCOC(=O)C(C)(C)C)cc2)cc1. The minimum absolute atomic E-state index is 0.0344. The average molecular weight is 683 g/mol. The lowest BCUT2D eigenvalue weighted by Gasteiger charge is -2.24. The molecule has 1 N–H and O–H groups in total. The minimum Gasteiger partial charge on any atom is -0.569 e. The van der Waals surface area contributed by atoms with Gasteiger partial charge in [-0.2, -0.15) is 18.3 Å². The van der Waals surface area contributed by atoms with Gasteiger partial charge < -0.3 is 14.8 Å². The van der Waals surface area contributed by atoms with Crippen molar-refractivity contribution >= 4 is 21.9 Å². The number of alkyl halides is 3. The van der Waals surface area contributed by atoms with Crippen LogP contribution in [-0.2, 0) is 35.4 Å². The molecule has 0 bridgehead atoms. The molecule has 0 spiro atoms. The summed E-state index contributed by atoms with van der Waals surface area (Å²) in [5.74, 6) is -1.82. The highest BCUT2D eigenvalue weighted by atomic mass is 32.2. The van der Waals surface area contributed by atoms with Gasteiger partial charge in [0, 0.05) is 5.56 Å². The molecule has 0 aliphatic heterocycles. The summed E-state index contributed by atoms with van der Waals surface area (Å²) < 4.78 is 74.9. The molecule has 1 heterocycles. The van der Waals surface area contributed by atoms with Crippen molar-refractivity contribution < 1.29 is 45.7 Å². The summed E-state index contributed by atoms with van der Waals surface area (Å²) in [5, 5.41) is 20.3. The number of carbonyl (C=O) groups is 2. The van der Waals surface area contributed by atoms with E-state index in [4.69, 9.17) is 9.57 Å². The molecule has 3 rings (SSSR count). The fraction of sp³-hybridized carbons (Fsp3) is 0.433. The number of carbonyl (C=O) groups excluding carboxylic acids is 2. The Bertz CT molecular complexity index is 1700. The third-order valence-corrected chi connectivity index (χ3v) is 8.04. The van der Waals surface area contributed by atoms with Crippen LogP contribution in [-0.4, -0.2) is 59.9 Å². The number of nitrogens with one attached hydrogen (secondary N) is 1. The van der Waals surface area contributed by atoms with Crippen molar-refractivity contribution in [1.82, 2.24) is 19.5 Å². The van der Waals surface area contributed by atoms with Crippen molar-refractivity contribution in [1.29, 1.82) is 0 Å². The Morgan fingerprint density at radius 2 is 1.68 bits per heavy atom. The molecule has 0 aliphatic carbocycles. The van der Waals surface area contributed by atoms with Crippen LogP contribution in [0.15, 0.2) is 64.8 Å². The van der Waals surface area contributed by atoms with Crippen molar-refractivity contribution in [2.75, 3.05) is 13.8 Å². The molecule has 0 aliphatic rings. The maximum atomic E-state index is 13.6. The van der Waals surface area contributed by atoms with Gasteiger partial charge in [-0.1, -0.05) is 43.7 Å². The summed E-state index contributed by atoms with van der Waals surface area (Å²) in [5.41, 5.74) is -0.325. The van der Waals surface area contributed by atoms with Gasteiger partial charge in [-0.05, 0) is 70.4 Å². The molecule has 13 nitrogen and oxygen atoms in total. The van der Waals surface area contributed by atoms with Gasteiger partial charge in [0.15, 0.2) is 11.7 Å². The number of likely N-dealkylation sites (N-methyl/N-ethyl adjacent to an activating group) is 1. The number of amides is 1. The van der Waals surface area contributed by atoms with Gasteiger partial charge >= 0.3 is 12.1 Å². The Morgan fingerprint density at radius 1 is 1.09 bits per heavy atom. The highest BCUT2D eigenvalue weighted by Crippen LogP contribution is 2.33. The second-order valence-corrected chi connectivity index (χ2v) is 13.8. The van der Waals surface area contributed by atoms with Gasteiger partial charge in [-0.3, -0.25) is 9.59 Å². The predicted molar refractivity (Wildman–Crippen MR) is 163 cm³/mol. The second-order valence-electron chi connectivity index (χ2n) is 12.1. The first kappa shape index (κ1) is 36.8. The summed E-state index contributed by atoms with van der Waals surface area (Å²) in [4.78, 5) is 29.3. The van der Waals surface area contributed by atoms with Crippen LogP contribution in [0.1, 0.15) is 52.3 Å². The number of rotatable bonds is 12. The van der Waals surface area contributed by atoms with Gasteiger partial charge in [0.25, 0.3) is 22.7 Å². The van der Waals surface area contributed by atoms with E-state index in [0.717, 1.165) is 33.5 Å². The highest BCUT2D eigenvalue weighted by molar-refractivity contribution is 7.90. The number of benzene rings is 2. The zero-order chi connectivity index (χ0) is 35.3. The monoisotopic (exact) mass is 682 g/mol. The lowest BCUT2D eigenvalue weighted by Crippen LogP contribution is -2.49. The number of sulfonamides is 1. The summed E-state index contributed by atoms with van der Waals surface area (Å²) in [6.07, 6.45) is -4.69. The van der Waals surface area contributed by atoms with Crippen LogP contribution in [0.4, 0.5) is 13.2 Å². The van der Waals surface area contributed by atoms with Crippen molar-refractivity contribution in [3.05, 3.63) is 71.1 Å². The van der Waals surface area contributed by atoms with E-state index in [9.17, 15) is 36.4 Å². The number of hydrogen-bond acceptors (Lipinski definition) is 9. The standard InChI is InChI=1S/C30H37F3N6O7S/c1-19(2)16-25(37(7)39(42)36-46-18-45-28(41)29(4,5)6)27(40)35-47(43,44)23-14-12-22(13-15-23)38-24(17-26(34-38)30(31,32)33)21-10-8-20(3)9-11-21/h8-15,17,19,25H,16,18H2,1-7H3,(H,35,40)/b39-36+/t25-/m0/s1. The Balaban J connectivity index is 1.82.